The molecule has 1 heterocycles. The van der Waals surface area contributed by atoms with Crippen LogP contribution >= 0.6 is 0 Å². The van der Waals surface area contributed by atoms with Crippen LogP contribution in [-0.4, -0.2) is 35.8 Å². The van der Waals surface area contributed by atoms with Gasteiger partial charge >= 0.3 is 0 Å². The third-order valence-corrected chi connectivity index (χ3v) is 3.99. The van der Waals surface area contributed by atoms with Crippen LogP contribution in [0.25, 0.3) is 0 Å². The van der Waals surface area contributed by atoms with Gasteiger partial charge in [0.2, 0.25) is 5.95 Å². The van der Waals surface area contributed by atoms with E-state index < -0.39 is 0 Å². The highest BCUT2D eigenvalue weighted by molar-refractivity contribution is 5.93. The van der Waals surface area contributed by atoms with Crippen molar-refractivity contribution in [3.63, 3.8) is 0 Å². The maximum absolute atomic E-state index is 12.1. The zero-order chi connectivity index (χ0) is 21.3. The van der Waals surface area contributed by atoms with E-state index in [1.54, 1.807) is 37.6 Å². The normalized spacial score (nSPS) is 10.6. The van der Waals surface area contributed by atoms with Gasteiger partial charge in [-0.3, -0.25) is 4.79 Å². The summed E-state index contributed by atoms with van der Waals surface area (Å²) in [4.78, 5) is 20.6. The van der Waals surface area contributed by atoms with Gasteiger partial charge in [0, 0.05) is 11.4 Å². The molecule has 0 unspecified atom stereocenters. The van der Waals surface area contributed by atoms with E-state index in [2.05, 4.69) is 25.8 Å². The molecule has 3 aromatic rings. The molecule has 0 aliphatic rings. The number of para-hydroxylation sites is 2. The first-order valence-electron chi connectivity index (χ1n) is 9.30. The fourth-order valence-electron chi connectivity index (χ4n) is 2.67. The summed E-state index contributed by atoms with van der Waals surface area (Å²) in [7, 11) is 1.55. The number of methoxy groups -OCH3 is 1. The molecule has 2 aromatic carbocycles. The number of amides is 1. The molecule has 0 spiro atoms. The molecule has 0 saturated carbocycles. The van der Waals surface area contributed by atoms with E-state index in [4.69, 9.17) is 9.47 Å². The number of hydrazone groups is 1. The summed E-state index contributed by atoms with van der Waals surface area (Å²) in [6.45, 7) is 3.69. The van der Waals surface area contributed by atoms with Crippen molar-refractivity contribution < 1.29 is 14.3 Å². The van der Waals surface area contributed by atoms with E-state index in [9.17, 15) is 4.79 Å². The number of anilines is 2. The number of hydrogen-bond acceptors (Lipinski definition) is 7. The summed E-state index contributed by atoms with van der Waals surface area (Å²) in [5, 5.41) is 6.91. The van der Waals surface area contributed by atoms with Gasteiger partial charge in [-0.1, -0.05) is 12.1 Å². The first-order valence-corrected chi connectivity index (χ1v) is 9.30. The van der Waals surface area contributed by atoms with Crippen molar-refractivity contribution in [3.8, 4) is 11.5 Å². The highest BCUT2D eigenvalue weighted by atomic mass is 16.5. The van der Waals surface area contributed by atoms with Crippen LogP contribution in [0.3, 0.4) is 0 Å². The van der Waals surface area contributed by atoms with E-state index in [1.807, 2.05) is 44.2 Å². The number of rotatable bonds is 8. The van der Waals surface area contributed by atoms with Crippen molar-refractivity contribution in [2.45, 2.75) is 13.8 Å². The lowest BCUT2D eigenvalue weighted by Crippen LogP contribution is -2.20. The first-order chi connectivity index (χ1) is 14.5. The van der Waals surface area contributed by atoms with Gasteiger partial charge in [0.15, 0.2) is 6.61 Å². The number of ether oxygens (including phenoxy) is 2. The average molecular weight is 405 g/mol. The smallest absolute Gasteiger partial charge is 0.262 e. The van der Waals surface area contributed by atoms with Crippen LogP contribution < -0.4 is 20.2 Å². The van der Waals surface area contributed by atoms with Gasteiger partial charge in [0.05, 0.1) is 19.0 Å². The van der Waals surface area contributed by atoms with Crippen molar-refractivity contribution in [1.82, 2.24) is 9.97 Å². The molecule has 0 bridgehead atoms. The molecule has 2 N–H and O–H groups in total. The molecular weight excluding hydrogens is 382 g/mol. The average Bonchev–Trinajstić information content (AvgIpc) is 2.73. The molecular formula is C22H23N5O3. The van der Waals surface area contributed by atoms with E-state index in [-0.39, 0.29) is 12.5 Å². The Morgan fingerprint density at radius 1 is 1.07 bits per heavy atom. The summed E-state index contributed by atoms with van der Waals surface area (Å²) in [5.74, 6) is 1.34. The summed E-state index contributed by atoms with van der Waals surface area (Å²) in [6, 6.07) is 16.3. The van der Waals surface area contributed by atoms with Gasteiger partial charge in [-0.15, -0.1) is 0 Å². The minimum Gasteiger partial charge on any atom is -0.495 e. The number of aromatic nitrogens is 2. The quantitative estimate of drug-likeness (QED) is 0.439. The molecule has 1 aromatic heterocycles. The fraction of sp³-hybridized carbons (Fsp3) is 0.182. The number of nitrogens with one attached hydrogen (secondary N) is 2. The predicted molar refractivity (Wildman–Crippen MR) is 116 cm³/mol. The summed E-state index contributed by atoms with van der Waals surface area (Å²) in [5.41, 5.74) is 6.01. The number of carbonyl (C=O) groups is 1. The standard InChI is InChI=1S/C22H23N5O3/c1-15-12-16(2)25-22(24-15)27-23-13-17-8-10-18(11-9-17)30-14-21(28)26-19-6-4-5-7-20(19)29-3/h4-13H,14H2,1-3H3,(H,26,28)(H,24,25,27)/b23-13+. The van der Waals surface area contributed by atoms with E-state index in [0.29, 0.717) is 23.1 Å². The van der Waals surface area contributed by atoms with Gasteiger partial charge in [-0.05, 0) is 61.9 Å². The van der Waals surface area contributed by atoms with Crippen LogP contribution in [0.4, 0.5) is 11.6 Å². The van der Waals surface area contributed by atoms with E-state index in [1.165, 1.54) is 0 Å². The topological polar surface area (TPSA) is 97.7 Å². The van der Waals surface area contributed by atoms with Gasteiger partial charge in [-0.25, -0.2) is 15.4 Å². The van der Waals surface area contributed by atoms with Crippen molar-refractivity contribution in [1.29, 1.82) is 0 Å². The lowest BCUT2D eigenvalue weighted by atomic mass is 10.2. The second kappa shape index (κ2) is 10.0. The minimum absolute atomic E-state index is 0.114. The van der Waals surface area contributed by atoms with Crippen LogP contribution in [0.5, 0.6) is 11.5 Å². The van der Waals surface area contributed by atoms with Crippen LogP contribution in [0.15, 0.2) is 59.7 Å². The Labute approximate surface area is 175 Å². The van der Waals surface area contributed by atoms with Crippen molar-refractivity contribution >= 4 is 23.8 Å². The molecule has 8 nitrogen and oxygen atoms in total. The summed E-state index contributed by atoms with van der Waals surface area (Å²) in [6.07, 6.45) is 1.65. The third kappa shape index (κ3) is 6.03. The third-order valence-electron chi connectivity index (χ3n) is 3.99. The molecule has 1 amide bonds. The van der Waals surface area contributed by atoms with Crippen LogP contribution in [-0.2, 0) is 4.79 Å². The first kappa shape index (κ1) is 20.8. The molecule has 3 rings (SSSR count). The summed E-state index contributed by atoms with van der Waals surface area (Å²) < 4.78 is 10.7. The molecule has 154 valence electrons. The Morgan fingerprint density at radius 2 is 1.77 bits per heavy atom. The van der Waals surface area contributed by atoms with Crippen molar-refractivity contribution in [2.75, 3.05) is 24.5 Å². The zero-order valence-electron chi connectivity index (χ0n) is 17.0. The number of carbonyl (C=O) groups excluding carboxylic acids is 1. The number of benzene rings is 2. The Kier molecular flexibility index (Phi) is 6.94. The predicted octanol–water partition coefficient (Wildman–Crippen LogP) is 3.57. The fourth-order valence-corrected chi connectivity index (χ4v) is 2.67. The Bertz CT molecular complexity index is 1010. The second-order valence-corrected chi connectivity index (χ2v) is 6.45. The maximum atomic E-state index is 12.1. The Morgan fingerprint density at radius 3 is 2.47 bits per heavy atom. The van der Waals surface area contributed by atoms with E-state index >= 15 is 0 Å². The number of aryl methyl sites for hydroxylation is 2. The van der Waals surface area contributed by atoms with Crippen molar-refractivity contribution in [3.05, 3.63) is 71.5 Å². The van der Waals surface area contributed by atoms with Crippen LogP contribution in [0.2, 0.25) is 0 Å². The molecule has 0 aliphatic carbocycles. The van der Waals surface area contributed by atoms with Crippen molar-refractivity contribution in [2.24, 2.45) is 5.10 Å². The van der Waals surface area contributed by atoms with Gasteiger partial charge in [0.25, 0.3) is 5.91 Å². The van der Waals surface area contributed by atoms with Crippen LogP contribution in [0.1, 0.15) is 17.0 Å². The second-order valence-electron chi connectivity index (χ2n) is 6.45. The molecule has 8 heteroatoms. The highest BCUT2D eigenvalue weighted by Crippen LogP contribution is 2.22. The molecule has 0 radical (unpaired) electrons. The molecule has 0 fully saturated rings. The zero-order valence-corrected chi connectivity index (χ0v) is 17.0. The number of nitrogens with zero attached hydrogens (tertiary/aromatic N) is 3. The monoisotopic (exact) mass is 405 g/mol. The SMILES string of the molecule is COc1ccccc1NC(=O)COc1ccc(/C=N/Nc2nc(C)cc(C)n2)cc1. The number of hydrogen-bond donors (Lipinski definition) is 2. The lowest BCUT2D eigenvalue weighted by Gasteiger charge is -2.10. The lowest BCUT2D eigenvalue weighted by molar-refractivity contribution is -0.118. The summed E-state index contributed by atoms with van der Waals surface area (Å²) >= 11 is 0. The Hall–Kier alpha value is -3.94. The minimum atomic E-state index is -0.275. The Balaban J connectivity index is 1.50. The maximum Gasteiger partial charge on any atom is 0.262 e. The van der Waals surface area contributed by atoms with Gasteiger partial charge in [0.1, 0.15) is 11.5 Å². The molecule has 30 heavy (non-hydrogen) atoms. The highest BCUT2D eigenvalue weighted by Gasteiger charge is 2.07. The largest absolute Gasteiger partial charge is 0.495 e. The molecule has 0 aliphatic heterocycles. The van der Waals surface area contributed by atoms with E-state index in [0.717, 1.165) is 17.0 Å². The van der Waals surface area contributed by atoms with Gasteiger partial charge in [-0.2, -0.15) is 5.10 Å². The van der Waals surface area contributed by atoms with Gasteiger partial charge < -0.3 is 14.8 Å². The molecule has 0 atom stereocenters. The van der Waals surface area contributed by atoms with Crippen LogP contribution in [0, 0.1) is 13.8 Å². The molecule has 0 saturated heterocycles.